The smallest absolute Gasteiger partial charge is 0.0622 e. The second-order valence-corrected chi connectivity index (χ2v) is 19.0. The van der Waals surface area contributed by atoms with Crippen LogP contribution in [-0.2, 0) is 10.8 Å². The molecule has 0 unspecified atom stereocenters. The van der Waals surface area contributed by atoms with Gasteiger partial charge in [-0.05, 0) is 144 Å². The Morgan fingerprint density at radius 2 is 0.712 bits per heavy atom. The number of fused-ring (bicyclic) bond motifs is 15. The topological polar surface area (TPSA) is 0 Å². The molecule has 0 saturated heterocycles. The number of hydrogen-bond acceptors (Lipinski definition) is 0. The average molecular weight is 837 g/mol. The first-order valence-electron chi connectivity index (χ1n) is 23.3. The molecule has 0 N–H and O–H groups in total. The minimum absolute atomic E-state index is 0.0844. The molecular formula is C66H44. The molecule has 0 heteroatoms. The highest BCUT2D eigenvalue weighted by molar-refractivity contribution is 6.23. The van der Waals surface area contributed by atoms with Crippen molar-refractivity contribution in [3.05, 3.63) is 264 Å². The van der Waals surface area contributed by atoms with Gasteiger partial charge in [0, 0.05) is 5.41 Å². The van der Waals surface area contributed by atoms with Gasteiger partial charge in [-0.15, -0.1) is 0 Å². The van der Waals surface area contributed by atoms with Gasteiger partial charge >= 0.3 is 0 Å². The second kappa shape index (κ2) is 13.7. The van der Waals surface area contributed by atoms with Crippen molar-refractivity contribution in [3.8, 4) is 44.5 Å². The van der Waals surface area contributed by atoms with E-state index in [0.29, 0.717) is 0 Å². The Balaban J connectivity index is 1.05. The minimum atomic E-state index is -0.579. The Labute approximate surface area is 385 Å². The van der Waals surface area contributed by atoms with Gasteiger partial charge in [-0.25, -0.2) is 0 Å². The van der Waals surface area contributed by atoms with Crippen molar-refractivity contribution >= 4 is 53.9 Å². The van der Waals surface area contributed by atoms with Crippen LogP contribution < -0.4 is 0 Å². The highest BCUT2D eigenvalue weighted by Gasteiger charge is 2.49. The van der Waals surface area contributed by atoms with Gasteiger partial charge in [0.25, 0.3) is 0 Å². The van der Waals surface area contributed by atoms with Gasteiger partial charge in [-0.1, -0.05) is 232 Å². The van der Waals surface area contributed by atoms with Crippen LogP contribution in [0.2, 0.25) is 0 Å². The molecule has 0 amide bonds. The van der Waals surface area contributed by atoms with E-state index in [-0.39, 0.29) is 5.41 Å². The highest BCUT2D eigenvalue weighted by atomic mass is 14.5. The lowest BCUT2D eigenvalue weighted by atomic mass is 9.65. The molecule has 12 aromatic rings. The van der Waals surface area contributed by atoms with Crippen molar-refractivity contribution in [1.82, 2.24) is 0 Å². The summed E-state index contributed by atoms with van der Waals surface area (Å²) in [6, 6.07) is 87.2. The van der Waals surface area contributed by atoms with E-state index in [2.05, 4.69) is 244 Å². The zero-order chi connectivity index (χ0) is 43.7. The van der Waals surface area contributed by atoms with Gasteiger partial charge in [-0.2, -0.15) is 0 Å². The molecule has 0 nitrogen and oxygen atoms in total. The molecule has 0 radical (unpaired) electrons. The summed E-state index contributed by atoms with van der Waals surface area (Å²) in [6.07, 6.45) is 0. The van der Waals surface area contributed by atoms with Crippen LogP contribution in [0, 0.1) is 0 Å². The molecular weight excluding hydrogens is 793 g/mol. The molecule has 0 heterocycles. The maximum atomic E-state index is 2.48. The van der Waals surface area contributed by atoms with Gasteiger partial charge in [0.15, 0.2) is 0 Å². The van der Waals surface area contributed by atoms with E-state index in [9.17, 15) is 0 Å². The van der Waals surface area contributed by atoms with Gasteiger partial charge in [-0.3, -0.25) is 0 Å². The third kappa shape index (κ3) is 4.88. The summed E-state index contributed by atoms with van der Waals surface area (Å²) in [6.45, 7) is 4.76. The quantitative estimate of drug-likeness (QED) is 0.122. The van der Waals surface area contributed by atoms with E-state index >= 15 is 0 Å². The molecule has 0 aliphatic heterocycles. The Kier molecular flexibility index (Phi) is 7.76. The van der Waals surface area contributed by atoms with Crippen molar-refractivity contribution < 1.29 is 0 Å². The summed E-state index contributed by atoms with van der Waals surface area (Å²) < 4.78 is 0. The summed E-state index contributed by atoms with van der Waals surface area (Å²) in [5, 5.41) is 12.8. The fourth-order valence-electron chi connectivity index (χ4n) is 12.8. The molecule has 0 saturated carbocycles. The Morgan fingerprint density at radius 3 is 1.32 bits per heavy atom. The average Bonchev–Trinajstić information content (AvgIpc) is 3.82. The SMILES string of the molecule is CC1(C)c2ccccc2-c2ccc(-c3c4ccccc4c(-c4ccc5c6c(ccc5c4)-c4c(c5ccccc5c5ccccc45)C6(c4ccccc4)c4ccccc4)c4ccccc34)cc21. The van der Waals surface area contributed by atoms with Gasteiger partial charge in [0.05, 0.1) is 5.41 Å². The summed E-state index contributed by atoms with van der Waals surface area (Å²) in [5.74, 6) is 0. The molecule has 0 fully saturated rings. The van der Waals surface area contributed by atoms with E-state index in [1.165, 1.54) is 132 Å². The van der Waals surface area contributed by atoms with E-state index in [0.717, 1.165) is 0 Å². The normalized spacial score (nSPS) is 14.2. The van der Waals surface area contributed by atoms with E-state index in [1.807, 2.05) is 0 Å². The summed E-state index contributed by atoms with van der Waals surface area (Å²) in [4.78, 5) is 0. The van der Waals surface area contributed by atoms with Gasteiger partial charge < -0.3 is 0 Å². The number of rotatable bonds is 4. The standard InChI is InChI=1S/C66H44/c1-65(2)58-32-18-17-25-49(58)50-37-35-43(40-59(50)65)61-54-29-14-12-27-52(54)60(53-28-13-15-30-55(53)61)42-34-36-46-41(39-42)33-38-57-62-51-26-11-9-23-47(51)48-24-10-16-31-56(48)64(62)66(63(46)57,44-19-5-3-6-20-44)45-21-7-4-8-22-45/h3-40H,1-2H3. The van der Waals surface area contributed by atoms with Crippen LogP contribution in [0.3, 0.4) is 0 Å². The van der Waals surface area contributed by atoms with E-state index < -0.39 is 5.41 Å². The monoisotopic (exact) mass is 836 g/mol. The van der Waals surface area contributed by atoms with Crippen molar-refractivity contribution in [2.45, 2.75) is 24.7 Å². The minimum Gasteiger partial charge on any atom is -0.0622 e. The first-order valence-corrected chi connectivity index (χ1v) is 23.3. The molecule has 308 valence electrons. The first kappa shape index (κ1) is 37.3. The third-order valence-electron chi connectivity index (χ3n) is 15.5. The Morgan fingerprint density at radius 1 is 0.273 bits per heavy atom. The van der Waals surface area contributed by atoms with Crippen LogP contribution >= 0.6 is 0 Å². The zero-order valence-corrected chi connectivity index (χ0v) is 36.9. The van der Waals surface area contributed by atoms with Crippen LogP contribution in [0.4, 0.5) is 0 Å². The first-order chi connectivity index (χ1) is 32.5. The van der Waals surface area contributed by atoms with Crippen molar-refractivity contribution in [1.29, 1.82) is 0 Å². The Hall–Kier alpha value is -8.06. The second-order valence-electron chi connectivity index (χ2n) is 19.0. The lowest BCUT2D eigenvalue weighted by Gasteiger charge is -2.35. The van der Waals surface area contributed by atoms with Crippen LogP contribution in [0.5, 0.6) is 0 Å². The van der Waals surface area contributed by atoms with E-state index in [1.54, 1.807) is 0 Å². The third-order valence-corrected chi connectivity index (χ3v) is 15.5. The summed E-state index contributed by atoms with van der Waals surface area (Å²) in [7, 11) is 0. The predicted molar refractivity (Wildman–Crippen MR) is 280 cm³/mol. The summed E-state index contributed by atoms with van der Waals surface area (Å²) in [5.41, 5.74) is 17.8. The van der Waals surface area contributed by atoms with Gasteiger partial charge in [0.2, 0.25) is 0 Å². The molecule has 66 heavy (non-hydrogen) atoms. The van der Waals surface area contributed by atoms with Crippen LogP contribution in [-0.4, -0.2) is 0 Å². The molecule has 2 aliphatic rings. The maximum Gasteiger partial charge on any atom is 0.0725 e. The lowest BCUT2D eigenvalue weighted by molar-refractivity contribution is 0.660. The maximum absolute atomic E-state index is 2.48. The molecule has 0 bridgehead atoms. The fraction of sp³-hybridized carbons (Fsp3) is 0.0606. The molecule has 0 aromatic heterocycles. The molecule has 12 aromatic carbocycles. The molecule has 2 aliphatic carbocycles. The van der Waals surface area contributed by atoms with Crippen molar-refractivity contribution in [3.63, 3.8) is 0 Å². The zero-order valence-electron chi connectivity index (χ0n) is 36.9. The van der Waals surface area contributed by atoms with Crippen molar-refractivity contribution in [2.75, 3.05) is 0 Å². The number of benzene rings is 12. The van der Waals surface area contributed by atoms with Crippen LogP contribution in [0.1, 0.15) is 47.2 Å². The van der Waals surface area contributed by atoms with Crippen molar-refractivity contribution in [2.24, 2.45) is 0 Å². The Bertz CT molecular complexity index is 3900. The fourth-order valence-corrected chi connectivity index (χ4v) is 12.8. The van der Waals surface area contributed by atoms with E-state index in [4.69, 9.17) is 0 Å². The highest BCUT2D eigenvalue weighted by Crippen LogP contribution is 2.62. The largest absolute Gasteiger partial charge is 0.0725 e. The van der Waals surface area contributed by atoms with Gasteiger partial charge in [0.1, 0.15) is 0 Å². The predicted octanol–water partition coefficient (Wildman–Crippen LogP) is 17.5. The van der Waals surface area contributed by atoms with Crippen LogP contribution in [0.15, 0.2) is 231 Å². The molecule has 0 spiro atoms. The number of hydrogen-bond donors (Lipinski definition) is 0. The molecule has 0 atom stereocenters. The summed E-state index contributed by atoms with van der Waals surface area (Å²) >= 11 is 0. The van der Waals surface area contributed by atoms with Crippen LogP contribution in [0.25, 0.3) is 98.4 Å². The lowest BCUT2D eigenvalue weighted by Crippen LogP contribution is -2.29. The molecule has 14 rings (SSSR count).